The molecule has 0 aliphatic carbocycles. The van der Waals surface area contributed by atoms with Crippen LogP contribution < -0.4 is 20.1 Å². The molecule has 0 radical (unpaired) electrons. The highest BCUT2D eigenvalue weighted by Crippen LogP contribution is 2.38. The van der Waals surface area contributed by atoms with E-state index in [0.29, 0.717) is 22.9 Å². The van der Waals surface area contributed by atoms with E-state index in [-0.39, 0.29) is 6.79 Å². The van der Waals surface area contributed by atoms with Crippen LogP contribution in [0.2, 0.25) is 0 Å². The maximum Gasteiger partial charge on any atom is 0.277 e. The number of carbonyl (C=O) groups excluding carboxylic acids is 2. The molecule has 2 aromatic carbocycles. The van der Waals surface area contributed by atoms with E-state index in [1.165, 1.54) is 6.20 Å². The average molecular weight is 337 g/mol. The van der Waals surface area contributed by atoms with E-state index in [9.17, 15) is 9.59 Å². The van der Waals surface area contributed by atoms with E-state index in [2.05, 4.69) is 10.6 Å². The molecule has 0 bridgehead atoms. The van der Waals surface area contributed by atoms with Gasteiger partial charge in [-0.1, -0.05) is 24.3 Å². The predicted octanol–water partition coefficient (Wildman–Crippen LogP) is 2.57. The number of ketones is 1. The molecule has 7 heteroatoms. The highest BCUT2D eigenvalue weighted by atomic mass is 16.7. The van der Waals surface area contributed by atoms with Gasteiger partial charge in [-0.05, 0) is 24.3 Å². The SMILES string of the molecule is N=C(C(=O)/C=C\Nc1cccc2c1OCO2)C(=O)Nc1ccccc1. The van der Waals surface area contributed by atoms with Crippen molar-refractivity contribution in [3.63, 3.8) is 0 Å². The molecule has 0 saturated heterocycles. The summed E-state index contributed by atoms with van der Waals surface area (Å²) in [5.74, 6) is -0.319. The standard InChI is InChI=1S/C18H15N3O4/c19-16(18(23)21-12-5-2-1-3-6-12)14(22)9-10-20-13-7-4-8-15-17(13)25-11-24-15/h1-10,19-20H,11H2,(H,21,23)/b10-9-,19-16?. The fourth-order valence-corrected chi connectivity index (χ4v) is 2.16. The third-order valence-electron chi connectivity index (χ3n) is 3.38. The minimum Gasteiger partial charge on any atom is -0.454 e. The van der Waals surface area contributed by atoms with E-state index in [1.54, 1.807) is 48.5 Å². The molecule has 25 heavy (non-hydrogen) atoms. The van der Waals surface area contributed by atoms with Gasteiger partial charge < -0.3 is 20.1 Å². The van der Waals surface area contributed by atoms with Gasteiger partial charge in [0.05, 0.1) is 5.69 Å². The van der Waals surface area contributed by atoms with Crippen LogP contribution in [-0.4, -0.2) is 24.2 Å². The summed E-state index contributed by atoms with van der Waals surface area (Å²) in [6, 6.07) is 13.9. The maximum atomic E-state index is 11.9. The summed E-state index contributed by atoms with van der Waals surface area (Å²) >= 11 is 0. The molecule has 3 rings (SSSR count). The second kappa shape index (κ2) is 7.31. The van der Waals surface area contributed by atoms with Crippen molar-refractivity contribution in [2.24, 2.45) is 0 Å². The lowest BCUT2D eigenvalue weighted by molar-refractivity contribution is -0.113. The van der Waals surface area contributed by atoms with Gasteiger partial charge in [0.15, 0.2) is 17.2 Å². The van der Waals surface area contributed by atoms with Crippen LogP contribution in [0.3, 0.4) is 0 Å². The number of amides is 1. The van der Waals surface area contributed by atoms with Gasteiger partial charge in [-0.15, -0.1) is 0 Å². The predicted molar refractivity (Wildman–Crippen MR) is 93.1 cm³/mol. The smallest absolute Gasteiger partial charge is 0.277 e. The molecule has 0 aromatic heterocycles. The number of hydrogen-bond acceptors (Lipinski definition) is 6. The maximum absolute atomic E-state index is 11.9. The molecule has 7 nitrogen and oxygen atoms in total. The summed E-state index contributed by atoms with van der Waals surface area (Å²) in [7, 11) is 0. The first-order chi connectivity index (χ1) is 12.1. The van der Waals surface area contributed by atoms with Gasteiger partial charge in [-0.25, -0.2) is 0 Å². The summed E-state index contributed by atoms with van der Waals surface area (Å²) in [6.45, 7) is 0.140. The number of rotatable bonds is 6. The molecular weight excluding hydrogens is 322 g/mol. The summed E-state index contributed by atoms with van der Waals surface area (Å²) in [5, 5.41) is 13.0. The molecule has 0 spiro atoms. The van der Waals surface area contributed by atoms with Crippen LogP contribution in [-0.2, 0) is 9.59 Å². The molecular formula is C18H15N3O4. The van der Waals surface area contributed by atoms with Crippen molar-refractivity contribution in [1.82, 2.24) is 0 Å². The summed E-state index contributed by atoms with van der Waals surface area (Å²) in [5.41, 5.74) is 0.489. The Morgan fingerprint density at radius 2 is 1.84 bits per heavy atom. The van der Waals surface area contributed by atoms with Crippen molar-refractivity contribution >= 4 is 28.8 Å². The molecule has 3 N–H and O–H groups in total. The molecule has 0 atom stereocenters. The van der Waals surface area contributed by atoms with E-state index >= 15 is 0 Å². The lowest BCUT2D eigenvalue weighted by Crippen LogP contribution is -2.28. The Kier molecular flexibility index (Phi) is 4.75. The lowest BCUT2D eigenvalue weighted by atomic mass is 10.2. The van der Waals surface area contributed by atoms with Crippen LogP contribution in [0.1, 0.15) is 0 Å². The van der Waals surface area contributed by atoms with Crippen molar-refractivity contribution in [3.05, 3.63) is 60.8 Å². The first kappa shape index (κ1) is 16.3. The van der Waals surface area contributed by atoms with Gasteiger partial charge in [0.1, 0.15) is 0 Å². The second-order valence-electron chi connectivity index (χ2n) is 5.08. The minimum absolute atomic E-state index is 0.140. The first-order valence-corrected chi connectivity index (χ1v) is 7.46. The topological polar surface area (TPSA) is 101 Å². The fraction of sp³-hybridized carbons (Fsp3) is 0.0556. The molecule has 1 aliphatic heterocycles. The number of para-hydroxylation sites is 2. The van der Waals surface area contributed by atoms with Gasteiger partial charge >= 0.3 is 0 Å². The minimum atomic E-state index is -0.766. The number of hydrogen-bond donors (Lipinski definition) is 3. The highest BCUT2D eigenvalue weighted by Gasteiger charge is 2.18. The Labute approximate surface area is 143 Å². The summed E-state index contributed by atoms with van der Waals surface area (Å²) < 4.78 is 10.6. The Hall–Kier alpha value is -3.61. The molecule has 0 saturated carbocycles. The van der Waals surface area contributed by atoms with Crippen molar-refractivity contribution in [2.45, 2.75) is 0 Å². The summed E-state index contributed by atoms with van der Waals surface area (Å²) in [4.78, 5) is 23.8. The Morgan fingerprint density at radius 1 is 1.04 bits per heavy atom. The number of allylic oxidation sites excluding steroid dienone is 1. The van der Waals surface area contributed by atoms with Gasteiger partial charge in [-0.2, -0.15) is 0 Å². The zero-order valence-electron chi connectivity index (χ0n) is 13.1. The van der Waals surface area contributed by atoms with Crippen LogP contribution in [0.15, 0.2) is 60.8 Å². The molecule has 126 valence electrons. The fourth-order valence-electron chi connectivity index (χ4n) is 2.16. The van der Waals surface area contributed by atoms with E-state index in [1.807, 2.05) is 0 Å². The van der Waals surface area contributed by atoms with E-state index in [0.717, 1.165) is 6.08 Å². The first-order valence-electron chi connectivity index (χ1n) is 7.46. The average Bonchev–Trinajstić information content (AvgIpc) is 3.11. The Bertz CT molecular complexity index is 847. The van der Waals surface area contributed by atoms with Gasteiger partial charge in [0, 0.05) is 18.0 Å². The number of carbonyl (C=O) groups is 2. The third kappa shape index (κ3) is 3.84. The zero-order chi connectivity index (χ0) is 17.6. The number of ether oxygens (including phenoxy) is 2. The van der Waals surface area contributed by atoms with E-state index in [4.69, 9.17) is 14.9 Å². The number of nitrogens with one attached hydrogen (secondary N) is 3. The number of benzene rings is 2. The van der Waals surface area contributed by atoms with Gasteiger partial charge in [0.25, 0.3) is 5.91 Å². The van der Waals surface area contributed by atoms with Gasteiger partial charge in [-0.3, -0.25) is 15.0 Å². The molecule has 0 fully saturated rings. The molecule has 1 aliphatic rings. The second-order valence-corrected chi connectivity index (χ2v) is 5.08. The number of anilines is 2. The highest BCUT2D eigenvalue weighted by molar-refractivity contribution is 6.68. The lowest BCUT2D eigenvalue weighted by Gasteiger charge is -2.05. The van der Waals surface area contributed by atoms with Crippen molar-refractivity contribution < 1.29 is 19.1 Å². The summed E-state index contributed by atoms with van der Waals surface area (Å²) in [6.07, 6.45) is 2.46. The van der Waals surface area contributed by atoms with Crippen molar-refractivity contribution in [2.75, 3.05) is 17.4 Å². The van der Waals surface area contributed by atoms with Crippen LogP contribution in [0.4, 0.5) is 11.4 Å². The van der Waals surface area contributed by atoms with E-state index < -0.39 is 17.4 Å². The van der Waals surface area contributed by atoms with Crippen LogP contribution in [0, 0.1) is 5.41 Å². The quantitative estimate of drug-likeness (QED) is 0.427. The molecule has 2 aromatic rings. The third-order valence-corrected chi connectivity index (χ3v) is 3.38. The number of fused-ring (bicyclic) bond motifs is 1. The molecule has 1 amide bonds. The molecule has 1 heterocycles. The van der Waals surface area contributed by atoms with Crippen molar-refractivity contribution in [1.29, 1.82) is 5.41 Å². The Balaban J connectivity index is 1.58. The van der Waals surface area contributed by atoms with Gasteiger partial charge in [0.2, 0.25) is 12.6 Å². The van der Waals surface area contributed by atoms with Crippen LogP contribution in [0.25, 0.3) is 0 Å². The van der Waals surface area contributed by atoms with Crippen LogP contribution in [0.5, 0.6) is 11.5 Å². The monoisotopic (exact) mass is 337 g/mol. The van der Waals surface area contributed by atoms with Crippen molar-refractivity contribution in [3.8, 4) is 11.5 Å². The zero-order valence-corrected chi connectivity index (χ0v) is 13.1. The van der Waals surface area contributed by atoms with Crippen LogP contribution >= 0.6 is 0 Å². The Morgan fingerprint density at radius 3 is 2.64 bits per heavy atom. The normalized spacial score (nSPS) is 12.0. The molecule has 0 unspecified atom stereocenters. The largest absolute Gasteiger partial charge is 0.454 e.